The molecule has 0 saturated carbocycles. The van der Waals surface area contributed by atoms with Crippen molar-refractivity contribution in [3.05, 3.63) is 76.1 Å². The normalized spacial score (nSPS) is 12.8. The third kappa shape index (κ3) is 2.74. The molecule has 0 atom stereocenters. The summed E-state index contributed by atoms with van der Waals surface area (Å²) in [5.41, 5.74) is 4.22. The van der Waals surface area contributed by atoms with Crippen LogP contribution in [0.25, 0.3) is 5.57 Å². The number of hydrogen-bond acceptors (Lipinski definition) is 3. The number of benzene rings is 2. The minimum absolute atomic E-state index is 0.0136. The monoisotopic (exact) mass is 307 g/mol. The van der Waals surface area contributed by atoms with Crippen molar-refractivity contribution in [3.8, 4) is 6.07 Å². The van der Waals surface area contributed by atoms with Gasteiger partial charge in [-0.2, -0.15) is 5.26 Å². The van der Waals surface area contributed by atoms with E-state index in [1.807, 2.05) is 12.1 Å². The van der Waals surface area contributed by atoms with Gasteiger partial charge in [-0.3, -0.25) is 0 Å². The largest absolute Gasteiger partial charge is 0.465 e. The van der Waals surface area contributed by atoms with E-state index >= 15 is 0 Å². The van der Waals surface area contributed by atoms with Gasteiger partial charge < -0.3 is 4.74 Å². The van der Waals surface area contributed by atoms with Gasteiger partial charge in [-0.15, -0.1) is 0 Å². The standard InChI is InChI=1S/C19H14FNO2/c1-23-19(22)14-6-5-12-3-2-4-16(17(12)10-14)13-7-8-18(20)15(9-13)11-21/h4-10H,2-3H2,1H3. The van der Waals surface area contributed by atoms with Gasteiger partial charge in [-0.1, -0.05) is 18.2 Å². The third-order valence-electron chi connectivity index (χ3n) is 3.98. The van der Waals surface area contributed by atoms with E-state index in [0.717, 1.165) is 35.1 Å². The lowest BCUT2D eigenvalue weighted by Gasteiger charge is -2.19. The van der Waals surface area contributed by atoms with E-state index in [4.69, 9.17) is 10.00 Å². The van der Waals surface area contributed by atoms with Crippen LogP contribution in [0.15, 0.2) is 42.5 Å². The molecule has 4 heteroatoms. The van der Waals surface area contributed by atoms with Crippen LogP contribution in [0.5, 0.6) is 0 Å². The van der Waals surface area contributed by atoms with E-state index < -0.39 is 11.8 Å². The number of carbonyl (C=O) groups excluding carboxylic acids is 1. The van der Waals surface area contributed by atoms with Crippen molar-refractivity contribution in [2.45, 2.75) is 12.8 Å². The second-order valence-electron chi connectivity index (χ2n) is 5.33. The number of fused-ring (bicyclic) bond motifs is 1. The second kappa shape index (κ2) is 6.05. The number of carbonyl (C=O) groups is 1. The van der Waals surface area contributed by atoms with E-state index in [0.29, 0.717) is 5.56 Å². The average Bonchev–Trinajstić information content (AvgIpc) is 2.60. The number of aryl methyl sites for hydroxylation is 1. The number of halogens is 1. The molecule has 0 fully saturated rings. The maximum absolute atomic E-state index is 13.5. The van der Waals surface area contributed by atoms with Crippen LogP contribution in [0.1, 0.15) is 39.0 Å². The molecule has 2 aromatic carbocycles. The molecule has 0 radical (unpaired) electrons. The van der Waals surface area contributed by atoms with Gasteiger partial charge >= 0.3 is 5.97 Å². The molecule has 0 unspecified atom stereocenters. The maximum atomic E-state index is 13.5. The van der Waals surface area contributed by atoms with Gasteiger partial charge in [-0.05, 0) is 59.4 Å². The van der Waals surface area contributed by atoms with E-state index in [-0.39, 0.29) is 5.56 Å². The fourth-order valence-electron chi connectivity index (χ4n) is 2.82. The molecule has 3 rings (SSSR count). The van der Waals surface area contributed by atoms with E-state index in [9.17, 15) is 9.18 Å². The smallest absolute Gasteiger partial charge is 0.337 e. The molecule has 23 heavy (non-hydrogen) atoms. The quantitative estimate of drug-likeness (QED) is 0.792. The molecule has 0 saturated heterocycles. The minimum atomic E-state index is -0.531. The predicted octanol–water partition coefficient (Wildman–Crippen LogP) is 3.86. The molecule has 0 N–H and O–H groups in total. The van der Waals surface area contributed by atoms with Gasteiger partial charge in [0.1, 0.15) is 11.9 Å². The van der Waals surface area contributed by atoms with Gasteiger partial charge in [0, 0.05) is 0 Å². The van der Waals surface area contributed by atoms with E-state index in [2.05, 4.69) is 6.08 Å². The number of nitrogens with zero attached hydrogens (tertiary/aromatic N) is 1. The van der Waals surface area contributed by atoms with Crippen molar-refractivity contribution in [2.24, 2.45) is 0 Å². The van der Waals surface area contributed by atoms with Crippen LogP contribution >= 0.6 is 0 Å². The summed E-state index contributed by atoms with van der Waals surface area (Å²) in [6.45, 7) is 0. The Balaban J connectivity index is 2.11. The number of ether oxygens (including phenoxy) is 1. The molecule has 0 spiro atoms. The Morgan fingerprint density at radius 1 is 1.26 bits per heavy atom. The first kappa shape index (κ1) is 15.0. The first-order chi connectivity index (χ1) is 11.1. The zero-order valence-corrected chi connectivity index (χ0v) is 12.6. The first-order valence-corrected chi connectivity index (χ1v) is 7.26. The summed E-state index contributed by atoms with van der Waals surface area (Å²) in [6.07, 6.45) is 3.80. The van der Waals surface area contributed by atoms with Gasteiger partial charge in [-0.25, -0.2) is 9.18 Å². The summed E-state index contributed by atoms with van der Waals surface area (Å²) in [4.78, 5) is 11.8. The number of rotatable bonds is 2. The zero-order chi connectivity index (χ0) is 16.4. The summed E-state index contributed by atoms with van der Waals surface area (Å²) >= 11 is 0. The highest BCUT2D eigenvalue weighted by molar-refractivity contribution is 5.92. The first-order valence-electron chi connectivity index (χ1n) is 7.26. The van der Waals surface area contributed by atoms with Crippen molar-refractivity contribution < 1.29 is 13.9 Å². The van der Waals surface area contributed by atoms with E-state index in [1.54, 1.807) is 24.3 Å². The lowest BCUT2D eigenvalue weighted by molar-refractivity contribution is 0.0600. The number of allylic oxidation sites excluding steroid dienone is 1. The molecular formula is C19H14FNO2. The Morgan fingerprint density at radius 3 is 2.83 bits per heavy atom. The fraction of sp³-hybridized carbons (Fsp3) is 0.158. The Kier molecular flexibility index (Phi) is 3.94. The maximum Gasteiger partial charge on any atom is 0.337 e. The third-order valence-corrected chi connectivity index (χ3v) is 3.98. The zero-order valence-electron chi connectivity index (χ0n) is 12.6. The van der Waals surface area contributed by atoms with Crippen LogP contribution in [0.3, 0.4) is 0 Å². The Hall–Kier alpha value is -2.93. The fourth-order valence-corrected chi connectivity index (χ4v) is 2.82. The van der Waals surface area contributed by atoms with Crippen molar-refractivity contribution in [1.82, 2.24) is 0 Å². The van der Waals surface area contributed by atoms with Crippen LogP contribution in [0.2, 0.25) is 0 Å². The van der Waals surface area contributed by atoms with Crippen molar-refractivity contribution in [2.75, 3.05) is 7.11 Å². The highest BCUT2D eigenvalue weighted by atomic mass is 19.1. The molecule has 0 amide bonds. The lowest BCUT2D eigenvalue weighted by Crippen LogP contribution is -2.06. The highest BCUT2D eigenvalue weighted by Crippen LogP contribution is 2.33. The summed E-state index contributed by atoms with van der Waals surface area (Å²) < 4.78 is 18.3. The molecule has 3 nitrogen and oxygen atoms in total. The molecule has 114 valence electrons. The Morgan fingerprint density at radius 2 is 2.09 bits per heavy atom. The summed E-state index contributed by atoms with van der Waals surface area (Å²) in [7, 11) is 1.34. The van der Waals surface area contributed by atoms with Gasteiger partial charge in [0.25, 0.3) is 0 Å². The highest BCUT2D eigenvalue weighted by Gasteiger charge is 2.18. The molecule has 0 bridgehead atoms. The van der Waals surface area contributed by atoms with Crippen LogP contribution in [-0.4, -0.2) is 13.1 Å². The summed E-state index contributed by atoms with van der Waals surface area (Å²) in [5.74, 6) is -0.925. The predicted molar refractivity (Wildman–Crippen MR) is 84.3 cm³/mol. The Labute approximate surface area is 133 Å². The van der Waals surface area contributed by atoms with Gasteiger partial charge in [0.05, 0.1) is 18.2 Å². The van der Waals surface area contributed by atoms with Crippen LogP contribution in [-0.2, 0) is 11.2 Å². The number of methoxy groups -OCH3 is 1. The molecule has 1 aliphatic carbocycles. The Bertz CT molecular complexity index is 862. The van der Waals surface area contributed by atoms with Crippen molar-refractivity contribution >= 4 is 11.5 Å². The van der Waals surface area contributed by atoms with Crippen molar-refractivity contribution in [3.63, 3.8) is 0 Å². The van der Waals surface area contributed by atoms with Crippen LogP contribution < -0.4 is 0 Å². The second-order valence-corrected chi connectivity index (χ2v) is 5.33. The topological polar surface area (TPSA) is 50.1 Å². The van der Waals surface area contributed by atoms with Crippen LogP contribution in [0, 0.1) is 17.1 Å². The van der Waals surface area contributed by atoms with Crippen molar-refractivity contribution in [1.29, 1.82) is 5.26 Å². The van der Waals surface area contributed by atoms with E-state index in [1.165, 1.54) is 13.2 Å². The average molecular weight is 307 g/mol. The summed E-state index contributed by atoms with van der Waals surface area (Å²) in [6, 6.07) is 11.8. The molecule has 2 aromatic rings. The lowest BCUT2D eigenvalue weighted by atomic mass is 9.85. The van der Waals surface area contributed by atoms with Gasteiger partial charge in [0.15, 0.2) is 0 Å². The number of esters is 1. The van der Waals surface area contributed by atoms with Crippen LogP contribution in [0.4, 0.5) is 4.39 Å². The van der Waals surface area contributed by atoms with Gasteiger partial charge in [0.2, 0.25) is 0 Å². The molecule has 1 aliphatic rings. The number of hydrogen-bond donors (Lipinski definition) is 0. The minimum Gasteiger partial charge on any atom is -0.465 e. The molecule has 0 aliphatic heterocycles. The molecular weight excluding hydrogens is 293 g/mol. The summed E-state index contributed by atoms with van der Waals surface area (Å²) in [5, 5.41) is 9.01. The number of nitriles is 1. The molecule has 0 heterocycles. The molecule has 0 aromatic heterocycles. The SMILES string of the molecule is COC(=O)c1ccc2c(c1)C(c1ccc(F)c(C#N)c1)=CCC2.